The zero-order chi connectivity index (χ0) is 19.0. The minimum Gasteiger partial charge on any atom is -0.465 e. The average molecular weight is 362 g/mol. The van der Waals surface area contributed by atoms with Crippen molar-refractivity contribution in [3.05, 3.63) is 35.4 Å². The van der Waals surface area contributed by atoms with E-state index >= 15 is 0 Å². The van der Waals surface area contributed by atoms with Crippen LogP contribution in [0.25, 0.3) is 0 Å². The molecule has 0 spiro atoms. The summed E-state index contributed by atoms with van der Waals surface area (Å²) in [4.78, 5) is 25.4. The number of benzene rings is 1. The fourth-order valence-corrected chi connectivity index (χ4v) is 3.54. The molecule has 0 radical (unpaired) electrons. The number of carbonyl (C=O) groups is 2. The summed E-state index contributed by atoms with van der Waals surface area (Å²) >= 11 is 0. The second-order valence-corrected chi connectivity index (χ2v) is 7.22. The molecule has 0 saturated heterocycles. The van der Waals surface area contributed by atoms with Crippen LogP contribution in [0.2, 0.25) is 0 Å². The van der Waals surface area contributed by atoms with Crippen molar-refractivity contribution in [3.8, 4) is 0 Å². The maximum atomic E-state index is 12.9. The van der Waals surface area contributed by atoms with Gasteiger partial charge in [0, 0.05) is 12.2 Å². The fraction of sp³-hybridized carbons (Fsp3) is 0.619. The minimum absolute atomic E-state index is 0.177. The van der Waals surface area contributed by atoms with Crippen molar-refractivity contribution in [1.82, 2.24) is 0 Å². The molecule has 0 heterocycles. The van der Waals surface area contributed by atoms with Gasteiger partial charge >= 0.3 is 5.97 Å². The molecule has 1 aromatic rings. The van der Waals surface area contributed by atoms with Crippen LogP contribution in [0, 0.1) is 12.8 Å². The van der Waals surface area contributed by atoms with Gasteiger partial charge in [0.1, 0.15) is 5.60 Å². The van der Waals surface area contributed by atoms with Gasteiger partial charge in [-0.3, -0.25) is 9.59 Å². The fourth-order valence-electron chi connectivity index (χ4n) is 3.54. The minimum atomic E-state index is -1.68. The van der Waals surface area contributed by atoms with E-state index in [1.165, 1.54) is 0 Å². The van der Waals surface area contributed by atoms with Gasteiger partial charge < -0.3 is 14.9 Å². The van der Waals surface area contributed by atoms with Gasteiger partial charge in [0.25, 0.3) is 0 Å². The zero-order valence-electron chi connectivity index (χ0n) is 15.6. The Labute approximate surface area is 155 Å². The van der Waals surface area contributed by atoms with Gasteiger partial charge in [0.05, 0.1) is 12.5 Å². The van der Waals surface area contributed by atoms with Gasteiger partial charge in [0.2, 0.25) is 0 Å². The Bertz CT molecular complexity index is 595. The highest BCUT2D eigenvalue weighted by atomic mass is 16.5. The largest absolute Gasteiger partial charge is 0.465 e. The van der Waals surface area contributed by atoms with Crippen molar-refractivity contribution in [3.63, 3.8) is 0 Å². The van der Waals surface area contributed by atoms with Crippen molar-refractivity contribution < 1.29 is 24.5 Å². The smallest absolute Gasteiger partial charge is 0.312 e. The Hall–Kier alpha value is -1.72. The van der Waals surface area contributed by atoms with Crippen LogP contribution < -0.4 is 0 Å². The molecule has 144 valence electrons. The number of aliphatic hydroxyl groups excluding tert-OH is 1. The number of unbranched alkanes of at least 4 members (excludes halogenated alkanes) is 3. The lowest BCUT2D eigenvalue weighted by atomic mass is 9.71. The monoisotopic (exact) mass is 362 g/mol. The van der Waals surface area contributed by atoms with Gasteiger partial charge in [-0.15, -0.1) is 0 Å². The topological polar surface area (TPSA) is 83.8 Å². The summed E-state index contributed by atoms with van der Waals surface area (Å²) in [5.74, 6) is -1.67. The SMILES string of the molecule is Cc1ccc(C(=O)C2(O)CCCCC2C(=O)OCCCCCCO)cc1. The van der Waals surface area contributed by atoms with E-state index in [0.717, 1.165) is 44.1 Å². The molecule has 1 aliphatic rings. The third-order valence-electron chi connectivity index (χ3n) is 5.17. The maximum Gasteiger partial charge on any atom is 0.312 e. The van der Waals surface area contributed by atoms with E-state index in [0.29, 0.717) is 12.0 Å². The molecule has 0 amide bonds. The number of rotatable bonds is 9. The third-order valence-corrected chi connectivity index (χ3v) is 5.17. The first-order chi connectivity index (χ1) is 12.5. The van der Waals surface area contributed by atoms with E-state index in [1.807, 2.05) is 19.1 Å². The number of carbonyl (C=O) groups excluding carboxylic acids is 2. The number of ketones is 1. The maximum absolute atomic E-state index is 12.9. The van der Waals surface area contributed by atoms with Crippen molar-refractivity contribution in [2.45, 2.75) is 63.9 Å². The quantitative estimate of drug-likeness (QED) is 0.400. The molecule has 1 saturated carbocycles. The lowest BCUT2D eigenvalue weighted by Gasteiger charge is -2.37. The predicted molar refractivity (Wildman–Crippen MR) is 98.9 cm³/mol. The lowest BCUT2D eigenvalue weighted by molar-refractivity contribution is -0.158. The second kappa shape index (κ2) is 9.83. The van der Waals surface area contributed by atoms with Crippen molar-refractivity contribution in [2.75, 3.05) is 13.2 Å². The summed E-state index contributed by atoms with van der Waals surface area (Å²) in [5.41, 5.74) is -0.210. The van der Waals surface area contributed by atoms with Crippen LogP contribution in [0.15, 0.2) is 24.3 Å². The molecule has 2 N–H and O–H groups in total. The van der Waals surface area contributed by atoms with Crippen LogP contribution in [-0.2, 0) is 9.53 Å². The number of hydrogen-bond donors (Lipinski definition) is 2. The van der Waals surface area contributed by atoms with Crippen LogP contribution >= 0.6 is 0 Å². The number of aryl methyl sites for hydroxylation is 1. The lowest BCUT2D eigenvalue weighted by Crippen LogP contribution is -2.51. The summed E-state index contributed by atoms with van der Waals surface area (Å²) in [6.07, 6.45) is 5.54. The standard InChI is InChI=1S/C21H30O5/c1-16-9-11-17(12-10-16)19(23)21(25)13-5-4-8-18(21)20(24)26-15-7-3-2-6-14-22/h9-12,18,22,25H,2-8,13-15H2,1H3. The van der Waals surface area contributed by atoms with E-state index in [-0.39, 0.29) is 25.4 Å². The Balaban J connectivity index is 1.99. The Kier molecular flexibility index (Phi) is 7.79. The highest BCUT2D eigenvalue weighted by molar-refractivity contribution is 6.04. The zero-order valence-corrected chi connectivity index (χ0v) is 15.6. The second-order valence-electron chi connectivity index (χ2n) is 7.22. The number of aliphatic hydroxyl groups is 2. The van der Waals surface area contributed by atoms with Gasteiger partial charge in [0.15, 0.2) is 5.78 Å². The summed E-state index contributed by atoms with van der Waals surface area (Å²) in [6.45, 7) is 2.40. The first-order valence-electron chi connectivity index (χ1n) is 9.60. The van der Waals surface area contributed by atoms with Gasteiger partial charge in [-0.25, -0.2) is 0 Å². The molecule has 2 atom stereocenters. The Morgan fingerprint density at radius 3 is 2.50 bits per heavy atom. The molecule has 1 aliphatic carbocycles. The molecule has 2 rings (SSSR count). The van der Waals surface area contributed by atoms with E-state index in [4.69, 9.17) is 9.84 Å². The van der Waals surface area contributed by atoms with Crippen LogP contribution in [0.3, 0.4) is 0 Å². The van der Waals surface area contributed by atoms with Crippen molar-refractivity contribution in [1.29, 1.82) is 0 Å². The molecule has 5 heteroatoms. The molecular weight excluding hydrogens is 332 g/mol. The Morgan fingerprint density at radius 1 is 1.12 bits per heavy atom. The highest BCUT2D eigenvalue weighted by Crippen LogP contribution is 2.37. The summed E-state index contributed by atoms with van der Waals surface area (Å²) in [6, 6.07) is 7.07. The van der Waals surface area contributed by atoms with Crippen LogP contribution in [-0.4, -0.2) is 40.8 Å². The van der Waals surface area contributed by atoms with Crippen molar-refractivity contribution in [2.24, 2.45) is 5.92 Å². The normalized spacial score (nSPS) is 22.8. The van der Waals surface area contributed by atoms with Gasteiger partial charge in [-0.2, -0.15) is 0 Å². The number of hydrogen-bond acceptors (Lipinski definition) is 5. The highest BCUT2D eigenvalue weighted by Gasteiger charge is 2.49. The first kappa shape index (κ1) is 20.6. The first-order valence-corrected chi connectivity index (χ1v) is 9.60. The molecule has 26 heavy (non-hydrogen) atoms. The molecule has 1 fully saturated rings. The van der Waals surface area contributed by atoms with E-state index < -0.39 is 17.5 Å². The molecule has 0 bridgehead atoms. The summed E-state index contributed by atoms with van der Waals surface area (Å²) in [5, 5.41) is 19.8. The van der Waals surface area contributed by atoms with E-state index in [1.54, 1.807) is 12.1 Å². The number of Topliss-reactive ketones (excluding diaryl/α,β-unsaturated/α-hetero) is 1. The molecule has 1 aromatic carbocycles. The molecule has 0 aromatic heterocycles. The molecule has 5 nitrogen and oxygen atoms in total. The molecular formula is C21H30O5. The third kappa shape index (κ3) is 5.15. The number of esters is 1. The van der Waals surface area contributed by atoms with E-state index in [2.05, 4.69) is 0 Å². The summed E-state index contributed by atoms with van der Waals surface area (Å²) < 4.78 is 5.35. The van der Waals surface area contributed by atoms with Gasteiger partial charge in [-0.05, 0) is 39.0 Å². The van der Waals surface area contributed by atoms with Crippen molar-refractivity contribution >= 4 is 11.8 Å². The van der Waals surface area contributed by atoms with Crippen LogP contribution in [0.1, 0.15) is 67.3 Å². The van der Waals surface area contributed by atoms with Crippen LogP contribution in [0.5, 0.6) is 0 Å². The van der Waals surface area contributed by atoms with Crippen LogP contribution in [0.4, 0.5) is 0 Å². The Morgan fingerprint density at radius 2 is 1.81 bits per heavy atom. The van der Waals surface area contributed by atoms with E-state index in [9.17, 15) is 14.7 Å². The summed E-state index contributed by atoms with van der Waals surface area (Å²) in [7, 11) is 0. The van der Waals surface area contributed by atoms with Gasteiger partial charge in [-0.1, -0.05) is 49.1 Å². The average Bonchev–Trinajstić information content (AvgIpc) is 2.64. The molecule has 0 aliphatic heterocycles. The number of ether oxygens (including phenoxy) is 1. The molecule has 2 unspecified atom stereocenters. The predicted octanol–water partition coefficient (Wildman–Crippen LogP) is 3.19.